The molecule has 148 valence electrons. The number of amides is 2. The molecule has 2 unspecified atom stereocenters. The summed E-state index contributed by atoms with van der Waals surface area (Å²) in [4.78, 5) is 33.3. The van der Waals surface area contributed by atoms with Crippen LogP contribution in [0, 0.1) is 5.92 Å². The summed E-state index contributed by atoms with van der Waals surface area (Å²) < 4.78 is 0. The van der Waals surface area contributed by atoms with Gasteiger partial charge < -0.3 is 15.1 Å². The number of aromatic nitrogens is 1. The SMILES string of the molecule is CN1CC(NC2CCC2)CCCC(C(=O)N(C)Cc2cccnc2)CC1=O. The van der Waals surface area contributed by atoms with Gasteiger partial charge in [-0.05, 0) is 37.3 Å². The van der Waals surface area contributed by atoms with Crippen LogP contribution in [0.3, 0.4) is 0 Å². The van der Waals surface area contributed by atoms with Crippen molar-refractivity contribution in [3.63, 3.8) is 0 Å². The van der Waals surface area contributed by atoms with Gasteiger partial charge in [-0.15, -0.1) is 0 Å². The van der Waals surface area contributed by atoms with Crippen LogP contribution in [0.1, 0.15) is 50.5 Å². The van der Waals surface area contributed by atoms with E-state index in [2.05, 4.69) is 10.3 Å². The van der Waals surface area contributed by atoms with Crippen molar-refractivity contribution >= 4 is 11.8 Å². The maximum Gasteiger partial charge on any atom is 0.226 e. The van der Waals surface area contributed by atoms with Crippen LogP contribution in [0.2, 0.25) is 0 Å². The van der Waals surface area contributed by atoms with Gasteiger partial charge in [0.05, 0.1) is 0 Å². The molecule has 0 radical (unpaired) electrons. The molecule has 6 nitrogen and oxygen atoms in total. The van der Waals surface area contributed by atoms with Gasteiger partial charge in [-0.2, -0.15) is 0 Å². The second-order valence-corrected chi connectivity index (χ2v) is 8.15. The van der Waals surface area contributed by atoms with Crippen LogP contribution in [-0.4, -0.2) is 59.3 Å². The first-order valence-electron chi connectivity index (χ1n) is 10.2. The van der Waals surface area contributed by atoms with Gasteiger partial charge >= 0.3 is 0 Å². The number of nitrogens with one attached hydrogen (secondary N) is 1. The molecule has 1 aliphatic heterocycles. The van der Waals surface area contributed by atoms with E-state index >= 15 is 0 Å². The van der Waals surface area contributed by atoms with Crippen molar-refractivity contribution in [2.24, 2.45) is 5.92 Å². The highest BCUT2D eigenvalue weighted by Gasteiger charge is 2.30. The Kier molecular flexibility index (Phi) is 6.83. The predicted octanol–water partition coefficient (Wildman–Crippen LogP) is 2.20. The van der Waals surface area contributed by atoms with Crippen molar-refractivity contribution in [2.45, 2.75) is 63.6 Å². The Labute approximate surface area is 162 Å². The second kappa shape index (κ2) is 9.31. The average molecular weight is 373 g/mol. The molecule has 1 aliphatic carbocycles. The number of nitrogens with zero attached hydrogens (tertiary/aromatic N) is 3. The van der Waals surface area contributed by atoms with E-state index in [9.17, 15) is 9.59 Å². The zero-order valence-electron chi connectivity index (χ0n) is 16.6. The first-order chi connectivity index (χ1) is 13.0. The molecule has 2 amide bonds. The molecule has 1 saturated carbocycles. The number of carbonyl (C=O) groups is 2. The summed E-state index contributed by atoms with van der Waals surface area (Å²) in [6.07, 6.45) is 10.4. The molecule has 27 heavy (non-hydrogen) atoms. The number of likely N-dealkylation sites (N-methyl/N-ethyl adjacent to an activating group) is 1. The molecule has 1 saturated heterocycles. The molecular weight excluding hydrogens is 340 g/mol. The number of pyridine rings is 1. The van der Waals surface area contributed by atoms with E-state index in [1.54, 1.807) is 17.3 Å². The third-order valence-electron chi connectivity index (χ3n) is 5.89. The van der Waals surface area contributed by atoms with Crippen molar-refractivity contribution < 1.29 is 9.59 Å². The minimum atomic E-state index is -0.232. The zero-order valence-corrected chi connectivity index (χ0v) is 16.6. The van der Waals surface area contributed by atoms with E-state index in [0.29, 0.717) is 25.0 Å². The van der Waals surface area contributed by atoms with Gasteiger partial charge in [-0.25, -0.2) is 0 Å². The van der Waals surface area contributed by atoms with Gasteiger partial charge in [0.15, 0.2) is 0 Å². The smallest absolute Gasteiger partial charge is 0.226 e. The summed E-state index contributed by atoms with van der Waals surface area (Å²) in [5.74, 6) is -0.0967. The van der Waals surface area contributed by atoms with Crippen molar-refractivity contribution in [1.29, 1.82) is 0 Å². The highest BCUT2D eigenvalue weighted by molar-refractivity contribution is 5.85. The number of carbonyl (C=O) groups excluding carboxylic acids is 2. The van der Waals surface area contributed by atoms with E-state index in [1.807, 2.05) is 31.1 Å². The third-order valence-corrected chi connectivity index (χ3v) is 5.89. The maximum absolute atomic E-state index is 13.0. The van der Waals surface area contributed by atoms with Gasteiger partial charge in [0.2, 0.25) is 11.8 Å². The van der Waals surface area contributed by atoms with Crippen LogP contribution in [0.4, 0.5) is 0 Å². The fourth-order valence-electron chi connectivity index (χ4n) is 4.01. The summed E-state index contributed by atoms with van der Waals surface area (Å²) in [6.45, 7) is 1.26. The van der Waals surface area contributed by atoms with Crippen LogP contribution in [0.5, 0.6) is 0 Å². The zero-order chi connectivity index (χ0) is 19.2. The lowest BCUT2D eigenvalue weighted by atomic mass is 9.91. The molecule has 1 aromatic rings. The van der Waals surface area contributed by atoms with Crippen LogP contribution in [0.25, 0.3) is 0 Å². The lowest BCUT2D eigenvalue weighted by Crippen LogP contribution is -2.48. The molecule has 3 rings (SSSR count). The van der Waals surface area contributed by atoms with E-state index in [-0.39, 0.29) is 17.7 Å². The van der Waals surface area contributed by atoms with Crippen LogP contribution in [0.15, 0.2) is 24.5 Å². The molecule has 6 heteroatoms. The highest BCUT2D eigenvalue weighted by Crippen LogP contribution is 2.23. The van der Waals surface area contributed by atoms with Crippen molar-refractivity contribution in [3.05, 3.63) is 30.1 Å². The molecule has 2 atom stereocenters. The van der Waals surface area contributed by atoms with Crippen LogP contribution >= 0.6 is 0 Å². The molecule has 1 N–H and O–H groups in total. The quantitative estimate of drug-likeness (QED) is 0.861. The van der Waals surface area contributed by atoms with Crippen LogP contribution in [-0.2, 0) is 16.1 Å². The van der Waals surface area contributed by atoms with Crippen molar-refractivity contribution in [2.75, 3.05) is 20.6 Å². The Morgan fingerprint density at radius 3 is 2.67 bits per heavy atom. The summed E-state index contributed by atoms with van der Waals surface area (Å²) in [5, 5.41) is 3.71. The van der Waals surface area contributed by atoms with Crippen molar-refractivity contribution in [3.8, 4) is 0 Å². The third kappa shape index (κ3) is 5.51. The van der Waals surface area contributed by atoms with Gasteiger partial charge in [-0.1, -0.05) is 18.9 Å². The number of hydrogen-bond donors (Lipinski definition) is 1. The Balaban J connectivity index is 1.59. The summed E-state index contributed by atoms with van der Waals surface area (Å²) in [6, 6.07) is 4.80. The Morgan fingerprint density at radius 2 is 2.00 bits per heavy atom. The lowest BCUT2D eigenvalue weighted by molar-refractivity contribution is -0.140. The van der Waals surface area contributed by atoms with E-state index < -0.39 is 0 Å². The molecule has 2 aliphatic rings. The topological polar surface area (TPSA) is 65.5 Å². The molecule has 0 spiro atoms. The maximum atomic E-state index is 13.0. The van der Waals surface area contributed by atoms with Gasteiger partial charge in [0, 0.05) is 64.0 Å². The Bertz CT molecular complexity index is 632. The van der Waals surface area contributed by atoms with Gasteiger partial charge in [-0.3, -0.25) is 14.6 Å². The monoisotopic (exact) mass is 372 g/mol. The Morgan fingerprint density at radius 1 is 1.26 bits per heavy atom. The number of hydrogen-bond acceptors (Lipinski definition) is 4. The fraction of sp³-hybridized carbons (Fsp3) is 0.667. The minimum Gasteiger partial charge on any atom is -0.344 e. The Hall–Kier alpha value is -1.95. The largest absolute Gasteiger partial charge is 0.344 e. The highest BCUT2D eigenvalue weighted by atomic mass is 16.2. The normalized spacial score (nSPS) is 24.5. The standard InChI is InChI=1S/C21H32N4O2/c1-24-15-19(23-18-8-4-9-18)10-3-7-17(12-20(24)26)21(27)25(2)14-16-6-5-11-22-13-16/h5-6,11,13,17-19,23H,3-4,7-10,12,14-15H2,1-2H3. The van der Waals surface area contributed by atoms with E-state index in [0.717, 1.165) is 31.4 Å². The predicted molar refractivity (Wildman–Crippen MR) is 105 cm³/mol. The lowest BCUT2D eigenvalue weighted by Gasteiger charge is -2.33. The van der Waals surface area contributed by atoms with Gasteiger partial charge in [0.1, 0.15) is 0 Å². The van der Waals surface area contributed by atoms with Crippen LogP contribution < -0.4 is 5.32 Å². The summed E-state index contributed by atoms with van der Waals surface area (Å²) >= 11 is 0. The fourth-order valence-corrected chi connectivity index (χ4v) is 4.01. The minimum absolute atomic E-state index is 0.0611. The molecular formula is C21H32N4O2. The summed E-state index contributed by atoms with van der Waals surface area (Å²) in [7, 11) is 3.68. The summed E-state index contributed by atoms with van der Waals surface area (Å²) in [5.41, 5.74) is 1.00. The van der Waals surface area contributed by atoms with Crippen molar-refractivity contribution in [1.82, 2.24) is 20.1 Å². The van der Waals surface area contributed by atoms with Gasteiger partial charge in [0.25, 0.3) is 0 Å². The molecule has 1 aromatic heterocycles. The molecule has 0 bridgehead atoms. The first-order valence-corrected chi connectivity index (χ1v) is 10.2. The average Bonchev–Trinajstić information content (AvgIpc) is 2.69. The molecule has 2 heterocycles. The van der Waals surface area contributed by atoms with E-state index in [1.165, 1.54) is 19.3 Å². The van der Waals surface area contributed by atoms with E-state index in [4.69, 9.17) is 0 Å². The first kappa shape index (κ1) is 19.8. The molecule has 0 aromatic carbocycles. The second-order valence-electron chi connectivity index (χ2n) is 8.15. The molecule has 2 fully saturated rings. The number of rotatable bonds is 5.